The van der Waals surface area contributed by atoms with Gasteiger partial charge in [-0.05, 0) is 29.3 Å². The predicted molar refractivity (Wildman–Crippen MR) is 108 cm³/mol. The van der Waals surface area contributed by atoms with Crippen LogP contribution in [0.5, 0.6) is 11.5 Å². The summed E-state index contributed by atoms with van der Waals surface area (Å²) in [5.74, 6) is 1.28. The summed E-state index contributed by atoms with van der Waals surface area (Å²) in [6.45, 7) is 0.821. The SMILES string of the molecule is COc1cc2c(cc1OC)C(=O)/C(=C/c1cc[n+](Cc3ccccc3)cc1)C2.[Br-]. The Labute approximate surface area is 181 Å². The van der Waals surface area contributed by atoms with E-state index < -0.39 is 0 Å². The first kappa shape index (κ1) is 20.8. The summed E-state index contributed by atoms with van der Waals surface area (Å²) in [6, 6.07) is 18.1. The van der Waals surface area contributed by atoms with E-state index in [2.05, 4.69) is 16.7 Å². The number of rotatable bonds is 5. The maximum Gasteiger partial charge on any atom is 0.189 e. The summed E-state index contributed by atoms with van der Waals surface area (Å²) in [5, 5.41) is 0. The number of allylic oxidation sites excluding steroid dienone is 1. The number of benzene rings is 2. The normalized spacial score (nSPS) is 13.7. The highest BCUT2D eigenvalue weighted by Gasteiger charge is 2.27. The van der Waals surface area contributed by atoms with E-state index in [0.29, 0.717) is 23.5 Å². The van der Waals surface area contributed by atoms with Crippen molar-refractivity contribution in [3.05, 3.63) is 94.8 Å². The molecule has 3 aromatic rings. The number of carbonyl (C=O) groups excluding carboxylic acids is 1. The molecule has 2 aromatic carbocycles. The van der Waals surface area contributed by atoms with Crippen molar-refractivity contribution in [2.24, 2.45) is 0 Å². The average molecular weight is 452 g/mol. The number of hydrogen-bond donors (Lipinski definition) is 0. The molecule has 0 spiro atoms. The van der Waals surface area contributed by atoms with Crippen LogP contribution in [-0.2, 0) is 13.0 Å². The Bertz CT molecular complexity index is 1040. The Morgan fingerprint density at radius 2 is 1.62 bits per heavy atom. The van der Waals surface area contributed by atoms with Crippen molar-refractivity contribution in [2.45, 2.75) is 13.0 Å². The summed E-state index contributed by atoms with van der Waals surface area (Å²) in [4.78, 5) is 12.8. The molecule has 5 heteroatoms. The minimum absolute atomic E-state index is 0. The molecule has 1 aromatic heterocycles. The van der Waals surface area contributed by atoms with Gasteiger partial charge in [-0.1, -0.05) is 30.3 Å². The molecule has 0 amide bonds. The highest BCUT2D eigenvalue weighted by Crippen LogP contribution is 2.36. The molecule has 1 aliphatic rings. The molecule has 4 rings (SSSR count). The molecule has 4 nitrogen and oxygen atoms in total. The van der Waals surface area contributed by atoms with Crippen LogP contribution >= 0.6 is 0 Å². The van der Waals surface area contributed by atoms with Crippen molar-refractivity contribution in [1.29, 1.82) is 0 Å². The van der Waals surface area contributed by atoms with Crippen LogP contribution in [0.1, 0.15) is 27.0 Å². The van der Waals surface area contributed by atoms with Crippen molar-refractivity contribution in [1.82, 2.24) is 0 Å². The number of Topliss-reactive ketones (excluding diaryl/α,β-unsaturated/α-hetero) is 1. The standard InChI is InChI=1S/C24H22NO3.BrH/c1-27-22-14-19-13-20(24(26)21(19)15-23(22)28-2)12-17-8-10-25(11-9-17)16-18-6-4-3-5-7-18;/h3-12,14-15H,13,16H2,1-2H3;1H/q+1;/p-1/b20-12+;. The number of hydrogen-bond acceptors (Lipinski definition) is 3. The molecule has 0 atom stereocenters. The smallest absolute Gasteiger partial charge is 0.189 e. The zero-order valence-electron chi connectivity index (χ0n) is 16.4. The lowest BCUT2D eigenvalue weighted by atomic mass is 10.1. The van der Waals surface area contributed by atoms with Gasteiger partial charge in [0.2, 0.25) is 0 Å². The van der Waals surface area contributed by atoms with Crippen LogP contribution in [0.15, 0.2) is 72.6 Å². The monoisotopic (exact) mass is 451 g/mol. The van der Waals surface area contributed by atoms with E-state index in [9.17, 15) is 4.79 Å². The minimum Gasteiger partial charge on any atom is -1.00 e. The number of methoxy groups -OCH3 is 2. The number of fused-ring (bicyclic) bond motifs is 1. The van der Waals surface area contributed by atoms with E-state index >= 15 is 0 Å². The fraction of sp³-hybridized carbons (Fsp3) is 0.167. The van der Waals surface area contributed by atoms with E-state index in [0.717, 1.165) is 23.2 Å². The molecule has 148 valence electrons. The summed E-state index contributed by atoms with van der Waals surface area (Å²) in [5.41, 5.74) is 4.72. The second-order valence-corrected chi connectivity index (χ2v) is 6.83. The Balaban J connectivity index is 0.00000240. The Morgan fingerprint density at radius 1 is 0.966 bits per heavy atom. The van der Waals surface area contributed by atoms with Crippen molar-refractivity contribution in [3.63, 3.8) is 0 Å². The van der Waals surface area contributed by atoms with Crippen molar-refractivity contribution in [3.8, 4) is 11.5 Å². The van der Waals surface area contributed by atoms with Gasteiger partial charge in [0, 0.05) is 35.3 Å². The molecule has 0 unspecified atom stereocenters. The van der Waals surface area contributed by atoms with Gasteiger partial charge in [-0.25, -0.2) is 4.57 Å². The third-order valence-corrected chi connectivity index (χ3v) is 4.99. The molecule has 0 aliphatic heterocycles. The highest BCUT2D eigenvalue weighted by atomic mass is 79.9. The fourth-order valence-corrected chi connectivity index (χ4v) is 3.52. The molecular formula is C24H22BrNO3. The molecule has 1 aliphatic carbocycles. The van der Waals surface area contributed by atoms with Gasteiger partial charge < -0.3 is 26.5 Å². The zero-order chi connectivity index (χ0) is 19.5. The van der Waals surface area contributed by atoms with Crippen LogP contribution < -0.4 is 31.0 Å². The number of carbonyl (C=O) groups is 1. The molecular weight excluding hydrogens is 430 g/mol. The lowest BCUT2D eigenvalue weighted by Crippen LogP contribution is -3.00. The Kier molecular flexibility index (Phi) is 6.49. The average Bonchev–Trinajstić information content (AvgIpc) is 3.03. The van der Waals surface area contributed by atoms with E-state index in [1.165, 1.54) is 5.56 Å². The van der Waals surface area contributed by atoms with Gasteiger partial charge in [0.05, 0.1) is 14.2 Å². The topological polar surface area (TPSA) is 39.4 Å². The highest BCUT2D eigenvalue weighted by molar-refractivity contribution is 6.15. The first-order valence-corrected chi connectivity index (χ1v) is 9.21. The van der Waals surface area contributed by atoms with Gasteiger partial charge in [-0.2, -0.15) is 0 Å². The molecule has 0 saturated carbocycles. The van der Waals surface area contributed by atoms with Gasteiger partial charge in [0.25, 0.3) is 0 Å². The Morgan fingerprint density at radius 3 is 2.28 bits per heavy atom. The number of nitrogens with zero attached hydrogens (tertiary/aromatic N) is 1. The van der Waals surface area contributed by atoms with E-state index in [4.69, 9.17) is 9.47 Å². The fourth-order valence-electron chi connectivity index (χ4n) is 3.52. The van der Waals surface area contributed by atoms with Crippen molar-refractivity contribution >= 4 is 11.9 Å². The largest absolute Gasteiger partial charge is 1.00 e. The van der Waals surface area contributed by atoms with E-state index in [-0.39, 0.29) is 22.8 Å². The van der Waals surface area contributed by atoms with Crippen molar-refractivity contribution < 1.29 is 35.8 Å². The summed E-state index contributed by atoms with van der Waals surface area (Å²) < 4.78 is 12.8. The first-order valence-electron chi connectivity index (χ1n) is 9.21. The quantitative estimate of drug-likeness (QED) is 0.426. The molecule has 29 heavy (non-hydrogen) atoms. The summed E-state index contributed by atoms with van der Waals surface area (Å²) in [7, 11) is 3.18. The molecule has 0 radical (unpaired) electrons. The summed E-state index contributed by atoms with van der Waals surface area (Å²) in [6.07, 6.45) is 6.65. The number of ether oxygens (including phenoxy) is 2. The molecule has 0 fully saturated rings. The maximum absolute atomic E-state index is 12.8. The zero-order valence-corrected chi connectivity index (χ0v) is 18.0. The van der Waals surface area contributed by atoms with Gasteiger partial charge >= 0.3 is 0 Å². The number of ketones is 1. The van der Waals surface area contributed by atoms with Gasteiger partial charge in [-0.15, -0.1) is 0 Å². The van der Waals surface area contributed by atoms with Crippen molar-refractivity contribution in [2.75, 3.05) is 14.2 Å². The van der Waals surface area contributed by atoms with E-state index in [1.807, 2.05) is 54.9 Å². The van der Waals surface area contributed by atoms with Crippen LogP contribution in [0.2, 0.25) is 0 Å². The third-order valence-electron chi connectivity index (χ3n) is 4.99. The first-order chi connectivity index (χ1) is 13.7. The maximum atomic E-state index is 12.8. The van der Waals surface area contributed by atoms with Gasteiger partial charge in [0.1, 0.15) is 0 Å². The number of pyridine rings is 1. The molecule has 0 N–H and O–H groups in total. The van der Waals surface area contributed by atoms with Crippen LogP contribution in [0.4, 0.5) is 0 Å². The van der Waals surface area contributed by atoms with Crippen LogP contribution in [0.25, 0.3) is 6.08 Å². The second-order valence-electron chi connectivity index (χ2n) is 6.83. The van der Waals surface area contributed by atoms with E-state index in [1.54, 1.807) is 20.3 Å². The number of aromatic nitrogens is 1. The lowest BCUT2D eigenvalue weighted by Gasteiger charge is -2.08. The van der Waals surface area contributed by atoms with Gasteiger partial charge in [0.15, 0.2) is 36.2 Å². The summed E-state index contributed by atoms with van der Waals surface area (Å²) >= 11 is 0. The number of halogens is 1. The predicted octanol–water partition coefficient (Wildman–Crippen LogP) is 0.866. The van der Waals surface area contributed by atoms with Crippen LogP contribution in [-0.4, -0.2) is 20.0 Å². The molecule has 0 bridgehead atoms. The minimum atomic E-state index is 0. The van der Waals surface area contributed by atoms with Gasteiger partial charge in [-0.3, -0.25) is 4.79 Å². The molecule has 1 heterocycles. The molecule has 0 saturated heterocycles. The lowest BCUT2D eigenvalue weighted by molar-refractivity contribution is -0.688. The van der Waals surface area contributed by atoms with Crippen LogP contribution in [0, 0.1) is 0 Å². The van der Waals surface area contributed by atoms with Crippen LogP contribution in [0.3, 0.4) is 0 Å². The third kappa shape index (κ3) is 4.40. The second kappa shape index (κ2) is 9.05. The Hall–Kier alpha value is -2.92.